The molecule has 16 heavy (non-hydrogen) atoms. The molecule has 1 nitrogen and oxygen atoms in total. The van der Waals surface area contributed by atoms with Gasteiger partial charge in [0.2, 0.25) is 0 Å². The van der Waals surface area contributed by atoms with Gasteiger partial charge in [0.1, 0.15) is 0 Å². The van der Waals surface area contributed by atoms with E-state index in [0.717, 1.165) is 16.0 Å². The fraction of sp³-hybridized carbons (Fsp3) is 0.286. The van der Waals surface area contributed by atoms with E-state index >= 15 is 0 Å². The first-order chi connectivity index (χ1) is 7.43. The molecular formula is C14H18OS. The standard InChI is InChI=1S/C14H18OS/c1-10(2)12(4)13(5)16(15)14-8-6-11(3)7-9-14/h6-10H,4-5H2,1-3H3. The summed E-state index contributed by atoms with van der Waals surface area (Å²) in [5.74, 6) is 0.280. The summed E-state index contributed by atoms with van der Waals surface area (Å²) in [6, 6.07) is 7.67. The minimum absolute atomic E-state index is 0.280. The molecule has 1 atom stereocenters. The van der Waals surface area contributed by atoms with Crippen molar-refractivity contribution < 1.29 is 4.21 Å². The van der Waals surface area contributed by atoms with Gasteiger partial charge in [-0.1, -0.05) is 44.7 Å². The van der Waals surface area contributed by atoms with Gasteiger partial charge in [-0.3, -0.25) is 0 Å². The number of allylic oxidation sites excluding steroid dienone is 1. The second kappa shape index (κ2) is 5.26. The minimum Gasteiger partial charge on any atom is -0.249 e. The maximum atomic E-state index is 12.2. The molecule has 0 aromatic heterocycles. The van der Waals surface area contributed by atoms with Crippen LogP contribution in [0.25, 0.3) is 0 Å². The van der Waals surface area contributed by atoms with Crippen molar-refractivity contribution in [3.8, 4) is 0 Å². The molecule has 86 valence electrons. The molecule has 0 radical (unpaired) electrons. The van der Waals surface area contributed by atoms with Crippen molar-refractivity contribution in [2.45, 2.75) is 25.7 Å². The van der Waals surface area contributed by atoms with Crippen molar-refractivity contribution in [2.75, 3.05) is 0 Å². The smallest absolute Gasteiger partial charge is 0.0846 e. The lowest BCUT2D eigenvalue weighted by Gasteiger charge is -2.12. The molecule has 0 aliphatic carbocycles. The van der Waals surface area contributed by atoms with Crippen LogP contribution < -0.4 is 0 Å². The van der Waals surface area contributed by atoms with Gasteiger partial charge >= 0.3 is 0 Å². The molecule has 0 saturated heterocycles. The average Bonchev–Trinajstić information content (AvgIpc) is 2.27. The third-order valence-electron chi connectivity index (χ3n) is 2.51. The van der Waals surface area contributed by atoms with Gasteiger partial charge in [-0.15, -0.1) is 0 Å². The molecule has 0 saturated carbocycles. The van der Waals surface area contributed by atoms with Crippen LogP contribution in [0.3, 0.4) is 0 Å². The van der Waals surface area contributed by atoms with Gasteiger partial charge in [-0.25, -0.2) is 4.21 Å². The van der Waals surface area contributed by atoms with Gasteiger partial charge in [-0.2, -0.15) is 0 Å². The predicted molar refractivity (Wildman–Crippen MR) is 70.7 cm³/mol. The van der Waals surface area contributed by atoms with Crippen LogP contribution in [0.1, 0.15) is 19.4 Å². The summed E-state index contributed by atoms with van der Waals surface area (Å²) in [5.41, 5.74) is 2.02. The lowest BCUT2D eigenvalue weighted by atomic mass is 10.1. The zero-order chi connectivity index (χ0) is 12.3. The molecule has 0 heterocycles. The summed E-state index contributed by atoms with van der Waals surface area (Å²) >= 11 is 0. The number of hydrogen-bond acceptors (Lipinski definition) is 1. The topological polar surface area (TPSA) is 17.1 Å². The Labute approximate surface area is 100 Å². The first-order valence-electron chi connectivity index (χ1n) is 5.30. The Morgan fingerprint density at radius 3 is 2.12 bits per heavy atom. The van der Waals surface area contributed by atoms with Gasteiger partial charge < -0.3 is 0 Å². The zero-order valence-electron chi connectivity index (χ0n) is 10.1. The Bertz CT molecular complexity index is 427. The Morgan fingerprint density at radius 1 is 1.19 bits per heavy atom. The van der Waals surface area contributed by atoms with Crippen molar-refractivity contribution in [2.24, 2.45) is 5.92 Å². The third-order valence-corrected chi connectivity index (χ3v) is 3.92. The lowest BCUT2D eigenvalue weighted by molar-refractivity contribution is 0.685. The Morgan fingerprint density at radius 2 is 1.69 bits per heavy atom. The molecule has 0 amide bonds. The zero-order valence-corrected chi connectivity index (χ0v) is 10.9. The van der Waals surface area contributed by atoms with E-state index in [1.165, 1.54) is 0 Å². The van der Waals surface area contributed by atoms with Crippen LogP contribution in [0.5, 0.6) is 0 Å². The molecule has 0 N–H and O–H groups in total. The van der Waals surface area contributed by atoms with E-state index in [9.17, 15) is 4.21 Å². The first-order valence-corrected chi connectivity index (χ1v) is 6.45. The van der Waals surface area contributed by atoms with Crippen molar-refractivity contribution in [1.29, 1.82) is 0 Å². The lowest BCUT2D eigenvalue weighted by Crippen LogP contribution is -2.02. The molecule has 1 aromatic carbocycles. The minimum atomic E-state index is -1.18. The fourth-order valence-electron chi connectivity index (χ4n) is 1.25. The molecule has 0 aliphatic rings. The highest BCUT2D eigenvalue weighted by molar-refractivity contribution is 7.89. The second-order valence-electron chi connectivity index (χ2n) is 4.18. The third kappa shape index (κ3) is 2.92. The van der Waals surface area contributed by atoms with Crippen LogP contribution in [0.2, 0.25) is 0 Å². The van der Waals surface area contributed by atoms with Crippen LogP contribution >= 0.6 is 0 Å². The first kappa shape index (κ1) is 12.9. The summed E-state index contributed by atoms with van der Waals surface area (Å²) in [4.78, 5) is 1.41. The number of hydrogen-bond donors (Lipinski definition) is 0. The van der Waals surface area contributed by atoms with Crippen molar-refractivity contribution >= 4 is 10.8 Å². The van der Waals surface area contributed by atoms with E-state index in [4.69, 9.17) is 0 Å². The Hall–Kier alpha value is -1.15. The van der Waals surface area contributed by atoms with E-state index in [1.807, 2.05) is 45.0 Å². The maximum Gasteiger partial charge on any atom is 0.0846 e. The van der Waals surface area contributed by atoms with Crippen LogP contribution in [0, 0.1) is 12.8 Å². The highest BCUT2D eigenvalue weighted by Crippen LogP contribution is 2.23. The molecular weight excluding hydrogens is 216 g/mol. The van der Waals surface area contributed by atoms with Crippen molar-refractivity contribution in [3.05, 3.63) is 53.5 Å². The number of rotatable bonds is 4. The summed E-state index contributed by atoms with van der Waals surface area (Å²) in [7, 11) is -1.18. The average molecular weight is 234 g/mol. The molecule has 0 spiro atoms. The van der Waals surface area contributed by atoms with Crippen LogP contribution in [0.15, 0.2) is 52.8 Å². The summed E-state index contributed by atoms with van der Waals surface area (Å²) in [6.07, 6.45) is 0. The molecule has 1 rings (SSSR count). The number of aryl methyl sites for hydroxylation is 1. The van der Waals surface area contributed by atoms with E-state index in [-0.39, 0.29) is 5.92 Å². The van der Waals surface area contributed by atoms with E-state index in [2.05, 4.69) is 13.2 Å². The van der Waals surface area contributed by atoms with E-state index in [1.54, 1.807) is 0 Å². The molecule has 1 aromatic rings. The van der Waals surface area contributed by atoms with Gasteiger partial charge in [0.15, 0.2) is 0 Å². The van der Waals surface area contributed by atoms with Crippen LogP contribution in [-0.2, 0) is 10.8 Å². The normalized spacial score (nSPS) is 12.5. The van der Waals surface area contributed by atoms with Crippen LogP contribution in [-0.4, -0.2) is 4.21 Å². The monoisotopic (exact) mass is 234 g/mol. The molecule has 1 unspecified atom stereocenters. The summed E-state index contributed by atoms with van der Waals surface area (Å²) < 4.78 is 12.2. The SMILES string of the molecule is C=C(C(=C)S(=O)c1ccc(C)cc1)C(C)C. The summed E-state index contributed by atoms with van der Waals surface area (Å²) in [5, 5.41) is 0. The molecule has 0 bridgehead atoms. The maximum absolute atomic E-state index is 12.2. The van der Waals surface area contributed by atoms with Gasteiger partial charge in [0.05, 0.1) is 10.8 Å². The molecule has 0 fully saturated rings. The van der Waals surface area contributed by atoms with Gasteiger partial charge in [-0.05, 0) is 30.5 Å². The van der Waals surface area contributed by atoms with E-state index < -0.39 is 10.8 Å². The second-order valence-corrected chi connectivity index (χ2v) is 5.69. The largest absolute Gasteiger partial charge is 0.249 e. The Balaban J connectivity index is 2.91. The fourth-order valence-corrected chi connectivity index (χ4v) is 2.39. The highest BCUT2D eigenvalue weighted by atomic mass is 32.2. The predicted octanol–water partition coefficient (Wildman–Crippen LogP) is 3.83. The van der Waals surface area contributed by atoms with Crippen LogP contribution in [0.4, 0.5) is 0 Å². The molecule has 2 heteroatoms. The molecule has 0 aliphatic heterocycles. The van der Waals surface area contributed by atoms with Crippen molar-refractivity contribution in [3.63, 3.8) is 0 Å². The Kier molecular flexibility index (Phi) is 4.25. The quantitative estimate of drug-likeness (QED) is 0.724. The number of benzene rings is 1. The highest BCUT2D eigenvalue weighted by Gasteiger charge is 2.13. The van der Waals surface area contributed by atoms with E-state index in [0.29, 0.717) is 4.91 Å². The van der Waals surface area contributed by atoms with Gasteiger partial charge in [0, 0.05) is 9.80 Å². The van der Waals surface area contributed by atoms with Gasteiger partial charge in [0.25, 0.3) is 0 Å². The van der Waals surface area contributed by atoms with Crippen molar-refractivity contribution in [1.82, 2.24) is 0 Å². The summed E-state index contributed by atoms with van der Waals surface area (Å²) in [6.45, 7) is 13.9.